The maximum atomic E-state index is 6.02. The Bertz CT molecular complexity index is 592. The summed E-state index contributed by atoms with van der Waals surface area (Å²) in [6, 6.07) is 12.4. The SMILES string of the molecule is CC(NCc1ccc(C2CC2C)o1)c1cccc(Cl)c1. The second-order valence-corrected chi connectivity index (χ2v) is 6.22. The maximum absolute atomic E-state index is 6.02. The second kappa shape index (κ2) is 5.63. The number of hydrogen-bond acceptors (Lipinski definition) is 2. The summed E-state index contributed by atoms with van der Waals surface area (Å²) in [7, 11) is 0. The molecule has 0 amide bonds. The van der Waals surface area contributed by atoms with Gasteiger partial charge >= 0.3 is 0 Å². The highest BCUT2D eigenvalue weighted by atomic mass is 35.5. The van der Waals surface area contributed by atoms with E-state index < -0.39 is 0 Å². The third-order valence-electron chi connectivity index (χ3n) is 4.09. The molecule has 20 heavy (non-hydrogen) atoms. The first-order valence-corrected chi connectivity index (χ1v) is 7.58. The molecule has 1 fully saturated rings. The first-order chi connectivity index (χ1) is 9.63. The molecule has 1 aliphatic rings. The zero-order valence-corrected chi connectivity index (χ0v) is 12.7. The van der Waals surface area contributed by atoms with Gasteiger partial charge in [0.2, 0.25) is 0 Å². The summed E-state index contributed by atoms with van der Waals surface area (Å²) in [6.07, 6.45) is 1.26. The van der Waals surface area contributed by atoms with E-state index in [-0.39, 0.29) is 6.04 Å². The van der Waals surface area contributed by atoms with Crippen molar-refractivity contribution < 1.29 is 4.42 Å². The maximum Gasteiger partial charge on any atom is 0.117 e. The van der Waals surface area contributed by atoms with E-state index in [2.05, 4.69) is 37.4 Å². The molecule has 0 aliphatic heterocycles. The monoisotopic (exact) mass is 289 g/mol. The Hall–Kier alpha value is -1.25. The normalized spacial score (nSPS) is 22.8. The molecule has 0 saturated heterocycles. The van der Waals surface area contributed by atoms with Crippen LogP contribution in [0.3, 0.4) is 0 Å². The van der Waals surface area contributed by atoms with E-state index in [1.807, 2.05) is 18.2 Å². The molecule has 2 aromatic rings. The minimum atomic E-state index is 0.252. The third-order valence-corrected chi connectivity index (χ3v) is 4.32. The Balaban J connectivity index is 1.57. The van der Waals surface area contributed by atoms with Crippen LogP contribution in [0.2, 0.25) is 5.02 Å². The highest BCUT2D eigenvalue weighted by Gasteiger charge is 2.36. The molecule has 3 heteroatoms. The molecule has 3 atom stereocenters. The van der Waals surface area contributed by atoms with Crippen LogP contribution in [0.5, 0.6) is 0 Å². The average Bonchev–Trinajstić information content (AvgIpc) is 2.99. The Labute approximate surface area is 125 Å². The van der Waals surface area contributed by atoms with E-state index in [4.69, 9.17) is 16.0 Å². The van der Waals surface area contributed by atoms with Gasteiger partial charge in [-0.1, -0.05) is 30.7 Å². The van der Waals surface area contributed by atoms with Crippen LogP contribution in [0.25, 0.3) is 0 Å². The summed E-state index contributed by atoms with van der Waals surface area (Å²) in [5.74, 6) is 3.58. The quantitative estimate of drug-likeness (QED) is 0.846. The van der Waals surface area contributed by atoms with Crippen molar-refractivity contribution in [3.63, 3.8) is 0 Å². The van der Waals surface area contributed by atoms with Crippen molar-refractivity contribution in [3.05, 3.63) is 58.5 Å². The van der Waals surface area contributed by atoms with Gasteiger partial charge in [-0.15, -0.1) is 0 Å². The number of hydrogen-bond donors (Lipinski definition) is 1. The first-order valence-electron chi connectivity index (χ1n) is 7.21. The van der Waals surface area contributed by atoms with E-state index in [1.54, 1.807) is 0 Å². The van der Waals surface area contributed by atoms with Crippen molar-refractivity contribution in [3.8, 4) is 0 Å². The predicted octanol–water partition coefficient (Wildman–Crippen LogP) is 4.91. The van der Waals surface area contributed by atoms with Gasteiger partial charge in [-0.05, 0) is 49.1 Å². The molecule has 1 saturated carbocycles. The number of rotatable bonds is 5. The summed E-state index contributed by atoms with van der Waals surface area (Å²) in [5.41, 5.74) is 1.19. The largest absolute Gasteiger partial charge is 0.464 e. The molecule has 1 N–H and O–H groups in total. The van der Waals surface area contributed by atoms with Crippen LogP contribution in [0.15, 0.2) is 40.8 Å². The number of halogens is 1. The first kappa shape index (κ1) is 13.7. The lowest BCUT2D eigenvalue weighted by atomic mass is 10.1. The van der Waals surface area contributed by atoms with Gasteiger partial charge in [0, 0.05) is 17.0 Å². The minimum absolute atomic E-state index is 0.252. The van der Waals surface area contributed by atoms with E-state index in [1.165, 1.54) is 12.0 Å². The Morgan fingerprint density at radius 2 is 2.15 bits per heavy atom. The van der Waals surface area contributed by atoms with E-state index >= 15 is 0 Å². The molecule has 3 rings (SSSR count). The Morgan fingerprint density at radius 1 is 1.35 bits per heavy atom. The fourth-order valence-electron chi connectivity index (χ4n) is 2.55. The third kappa shape index (κ3) is 3.08. The van der Waals surface area contributed by atoms with E-state index in [0.717, 1.165) is 29.0 Å². The van der Waals surface area contributed by atoms with Crippen LogP contribution >= 0.6 is 11.6 Å². The van der Waals surface area contributed by atoms with Gasteiger partial charge in [-0.2, -0.15) is 0 Å². The molecule has 1 aromatic carbocycles. The Kier molecular flexibility index (Phi) is 3.86. The number of furan rings is 1. The van der Waals surface area contributed by atoms with Gasteiger partial charge < -0.3 is 9.73 Å². The van der Waals surface area contributed by atoms with E-state index in [0.29, 0.717) is 5.92 Å². The smallest absolute Gasteiger partial charge is 0.117 e. The summed E-state index contributed by atoms with van der Waals surface area (Å²) >= 11 is 6.02. The highest BCUT2D eigenvalue weighted by Crippen LogP contribution is 2.47. The minimum Gasteiger partial charge on any atom is -0.464 e. The molecule has 1 heterocycles. The van der Waals surface area contributed by atoms with Crippen LogP contribution in [-0.2, 0) is 6.54 Å². The topological polar surface area (TPSA) is 25.2 Å². The predicted molar refractivity (Wildman–Crippen MR) is 81.9 cm³/mol. The van der Waals surface area contributed by atoms with Crippen molar-refractivity contribution in [2.75, 3.05) is 0 Å². The van der Waals surface area contributed by atoms with Gasteiger partial charge in [0.1, 0.15) is 11.5 Å². The highest BCUT2D eigenvalue weighted by molar-refractivity contribution is 6.30. The lowest BCUT2D eigenvalue weighted by Crippen LogP contribution is -2.17. The van der Waals surface area contributed by atoms with Crippen molar-refractivity contribution in [1.29, 1.82) is 0 Å². The summed E-state index contributed by atoms with van der Waals surface area (Å²) < 4.78 is 5.90. The van der Waals surface area contributed by atoms with Crippen LogP contribution in [0, 0.1) is 5.92 Å². The number of benzene rings is 1. The summed E-state index contributed by atoms with van der Waals surface area (Å²) in [4.78, 5) is 0. The zero-order valence-electron chi connectivity index (χ0n) is 11.9. The Morgan fingerprint density at radius 3 is 2.85 bits per heavy atom. The molecule has 106 valence electrons. The molecule has 0 spiro atoms. The molecule has 1 aromatic heterocycles. The molecule has 2 nitrogen and oxygen atoms in total. The average molecular weight is 290 g/mol. The standard InChI is InChI=1S/C17H20ClNO/c1-11-8-16(11)17-7-6-15(20-17)10-19-12(2)13-4-3-5-14(18)9-13/h3-7,9,11-12,16,19H,8,10H2,1-2H3. The summed E-state index contributed by atoms with van der Waals surface area (Å²) in [5, 5.41) is 4.25. The van der Waals surface area contributed by atoms with Gasteiger partial charge in [-0.3, -0.25) is 0 Å². The van der Waals surface area contributed by atoms with Crippen molar-refractivity contribution in [2.45, 2.75) is 38.8 Å². The lowest BCUT2D eigenvalue weighted by molar-refractivity contribution is 0.430. The van der Waals surface area contributed by atoms with Gasteiger partial charge in [0.25, 0.3) is 0 Å². The van der Waals surface area contributed by atoms with Crippen LogP contribution in [0.4, 0.5) is 0 Å². The molecule has 0 bridgehead atoms. The zero-order chi connectivity index (χ0) is 14.1. The van der Waals surface area contributed by atoms with Gasteiger partial charge in [0.05, 0.1) is 6.54 Å². The van der Waals surface area contributed by atoms with Gasteiger partial charge in [0.15, 0.2) is 0 Å². The fourth-order valence-corrected chi connectivity index (χ4v) is 2.75. The van der Waals surface area contributed by atoms with Crippen LogP contribution < -0.4 is 5.32 Å². The number of nitrogens with one attached hydrogen (secondary N) is 1. The van der Waals surface area contributed by atoms with Crippen molar-refractivity contribution in [1.82, 2.24) is 5.32 Å². The summed E-state index contributed by atoms with van der Waals surface area (Å²) in [6.45, 7) is 5.15. The molecular weight excluding hydrogens is 270 g/mol. The van der Waals surface area contributed by atoms with Gasteiger partial charge in [-0.25, -0.2) is 0 Å². The van der Waals surface area contributed by atoms with Crippen LogP contribution in [0.1, 0.15) is 49.3 Å². The lowest BCUT2D eigenvalue weighted by Gasteiger charge is -2.13. The molecular formula is C17H20ClNO. The second-order valence-electron chi connectivity index (χ2n) is 5.78. The molecule has 1 aliphatic carbocycles. The molecule has 3 unspecified atom stereocenters. The van der Waals surface area contributed by atoms with Crippen molar-refractivity contribution >= 4 is 11.6 Å². The van der Waals surface area contributed by atoms with Crippen molar-refractivity contribution in [2.24, 2.45) is 5.92 Å². The van der Waals surface area contributed by atoms with E-state index in [9.17, 15) is 0 Å². The molecule has 0 radical (unpaired) electrons. The van der Waals surface area contributed by atoms with Crippen LogP contribution in [-0.4, -0.2) is 0 Å². The fraction of sp³-hybridized carbons (Fsp3) is 0.412.